The van der Waals surface area contributed by atoms with E-state index in [2.05, 4.69) is 0 Å². The molecule has 1 aromatic carbocycles. The van der Waals surface area contributed by atoms with Crippen LogP contribution in [0.15, 0.2) is 18.2 Å². The smallest absolute Gasteiger partial charge is 0.255 e. The van der Waals surface area contributed by atoms with Gasteiger partial charge < -0.3 is 10.6 Å². The lowest BCUT2D eigenvalue weighted by atomic mass is 9.98. The Hall–Kier alpha value is -0.400. The molecule has 1 unspecified atom stereocenters. The van der Waals surface area contributed by atoms with Gasteiger partial charge in [0.15, 0.2) is 0 Å². The molecule has 2 rings (SSSR count). The van der Waals surface area contributed by atoms with Crippen molar-refractivity contribution in [3.63, 3.8) is 0 Å². The first-order valence-corrected chi connectivity index (χ1v) is 7.67. The van der Waals surface area contributed by atoms with Crippen LogP contribution in [0.1, 0.15) is 36.0 Å². The van der Waals surface area contributed by atoms with Crippen molar-refractivity contribution in [2.45, 2.75) is 31.7 Å². The number of halogens is 3. The molecule has 1 aliphatic heterocycles. The second-order valence-corrected chi connectivity index (χ2v) is 6.01. The predicted molar refractivity (Wildman–Crippen MR) is 88.7 cm³/mol. The number of piperidine rings is 1. The van der Waals surface area contributed by atoms with Gasteiger partial charge >= 0.3 is 0 Å². The van der Waals surface area contributed by atoms with Crippen molar-refractivity contribution in [3.8, 4) is 0 Å². The van der Waals surface area contributed by atoms with Crippen molar-refractivity contribution in [2.24, 2.45) is 5.73 Å². The van der Waals surface area contributed by atoms with Crippen molar-refractivity contribution < 1.29 is 9.18 Å². The van der Waals surface area contributed by atoms with E-state index in [1.807, 2.05) is 27.5 Å². The van der Waals surface area contributed by atoms with Gasteiger partial charge in [0.1, 0.15) is 5.82 Å². The fourth-order valence-electron chi connectivity index (χ4n) is 2.58. The lowest BCUT2D eigenvalue weighted by Crippen LogP contribution is -2.44. The summed E-state index contributed by atoms with van der Waals surface area (Å²) >= 11 is 2.01. The van der Waals surface area contributed by atoms with Crippen molar-refractivity contribution in [1.82, 2.24) is 4.90 Å². The van der Waals surface area contributed by atoms with E-state index >= 15 is 0 Å². The molecule has 1 amide bonds. The number of benzene rings is 1. The summed E-state index contributed by atoms with van der Waals surface area (Å²) in [6.45, 7) is 1.37. The lowest BCUT2D eigenvalue weighted by molar-refractivity contribution is 0.0604. The van der Waals surface area contributed by atoms with Gasteiger partial charge in [-0.05, 0) is 73.0 Å². The second-order valence-electron chi connectivity index (χ2n) is 4.85. The topological polar surface area (TPSA) is 46.3 Å². The number of rotatable bonds is 3. The monoisotopic (exact) mass is 412 g/mol. The highest BCUT2D eigenvalue weighted by molar-refractivity contribution is 14.1. The van der Waals surface area contributed by atoms with E-state index in [1.165, 1.54) is 12.1 Å². The van der Waals surface area contributed by atoms with Gasteiger partial charge in [-0.2, -0.15) is 0 Å². The highest BCUT2D eigenvalue weighted by Gasteiger charge is 2.27. The molecular weight excluding hydrogens is 394 g/mol. The normalized spacial score (nSPS) is 18.6. The molecular formula is C14H19ClFIN2O. The second kappa shape index (κ2) is 8.14. The molecule has 0 bridgehead atoms. The fourth-order valence-corrected chi connectivity index (χ4v) is 3.29. The van der Waals surface area contributed by atoms with E-state index < -0.39 is 0 Å². The van der Waals surface area contributed by atoms with Crippen LogP contribution in [0.3, 0.4) is 0 Å². The Morgan fingerprint density at radius 2 is 2.20 bits per heavy atom. The average Bonchev–Trinajstić information content (AvgIpc) is 2.39. The summed E-state index contributed by atoms with van der Waals surface area (Å²) in [5.74, 6) is -0.305. The third kappa shape index (κ3) is 4.05. The van der Waals surface area contributed by atoms with Crippen LogP contribution in [0.5, 0.6) is 0 Å². The summed E-state index contributed by atoms with van der Waals surface area (Å²) in [6.07, 6.45) is 4.03. The number of nitrogens with zero attached hydrogens (tertiary/aromatic N) is 1. The van der Waals surface area contributed by atoms with Crippen LogP contribution in [0.25, 0.3) is 0 Å². The van der Waals surface area contributed by atoms with Gasteiger partial charge in [-0.3, -0.25) is 4.79 Å². The lowest BCUT2D eigenvalue weighted by Gasteiger charge is -2.36. The van der Waals surface area contributed by atoms with Gasteiger partial charge in [-0.15, -0.1) is 12.4 Å². The molecule has 1 fully saturated rings. The van der Waals surface area contributed by atoms with Crippen molar-refractivity contribution in [2.75, 3.05) is 13.1 Å². The Kier molecular flexibility index (Phi) is 7.19. The van der Waals surface area contributed by atoms with Gasteiger partial charge in [-0.25, -0.2) is 4.39 Å². The van der Waals surface area contributed by atoms with Crippen LogP contribution in [-0.2, 0) is 0 Å². The number of amides is 1. The van der Waals surface area contributed by atoms with Crippen molar-refractivity contribution in [1.29, 1.82) is 0 Å². The molecule has 0 spiro atoms. The van der Waals surface area contributed by atoms with E-state index in [-0.39, 0.29) is 30.2 Å². The first kappa shape index (κ1) is 17.7. The van der Waals surface area contributed by atoms with Gasteiger partial charge in [0, 0.05) is 16.2 Å². The maximum absolute atomic E-state index is 13.1. The molecule has 1 aromatic rings. The van der Waals surface area contributed by atoms with Crippen molar-refractivity contribution in [3.05, 3.63) is 33.1 Å². The van der Waals surface area contributed by atoms with E-state index in [0.717, 1.165) is 32.2 Å². The Morgan fingerprint density at radius 1 is 1.45 bits per heavy atom. The van der Waals surface area contributed by atoms with Crippen molar-refractivity contribution >= 4 is 40.9 Å². The molecule has 1 atom stereocenters. The van der Waals surface area contributed by atoms with E-state index in [4.69, 9.17) is 5.73 Å². The van der Waals surface area contributed by atoms with Crippen LogP contribution >= 0.6 is 35.0 Å². The van der Waals surface area contributed by atoms with E-state index in [1.54, 1.807) is 6.07 Å². The maximum atomic E-state index is 13.1. The highest BCUT2D eigenvalue weighted by atomic mass is 127. The fraction of sp³-hybridized carbons (Fsp3) is 0.500. The summed E-state index contributed by atoms with van der Waals surface area (Å²) < 4.78 is 13.8. The maximum Gasteiger partial charge on any atom is 0.255 e. The standard InChI is InChI=1S/C14H18FIN2O.ClH/c15-10-4-5-12(13(16)9-10)14(19)18-8-2-1-3-11(18)6-7-17;/h4-5,9,11H,1-3,6-8,17H2;1H. The first-order valence-electron chi connectivity index (χ1n) is 6.59. The number of nitrogens with two attached hydrogens (primary N) is 1. The zero-order valence-corrected chi connectivity index (χ0v) is 14.1. The number of carbonyl (C=O) groups is 1. The summed E-state index contributed by atoms with van der Waals surface area (Å²) in [5.41, 5.74) is 6.21. The van der Waals surface area contributed by atoms with Gasteiger partial charge in [0.2, 0.25) is 0 Å². The third-order valence-electron chi connectivity index (χ3n) is 3.55. The summed E-state index contributed by atoms with van der Waals surface area (Å²) in [7, 11) is 0. The molecule has 1 saturated heterocycles. The minimum absolute atomic E-state index is 0. The Bertz CT molecular complexity index is 470. The molecule has 0 radical (unpaired) electrons. The molecule has 3 nitrogen and oxygen atoms in total. The summed E-state index contributed by atoms with van der Waals surface area (Å²) in [6, 6.07) is 4.55. The van der Waals surface area contributed by atoms with Crippen LogP contribution in [0.2, 0.25) is 0 Å². The largest absolute Gasteiger partial charge is 0.336 e. The Balaban J connectivity index is 0.00000200. The Morgan fingerprint density at radius 3 is 2.85 bits per heavy atom. The molecule has 20 heavy (non-hydrogen) atoms. The molecule has 1 aliphatic rings. The minimum Gasteiger partial charge on any atom is -0.336 e. The van der Waals surface area contributed by atoms with Crippen LogP contribution in [0.4, 0.5) is 4.39 Å². The average molecular weight is 413 g/mol. The minimum atomic E-state index is -0.307. The zero-order chi connectivity index (χ0) is 13.8. The number of carbonyl (C=O) groups excluding carboxylic acids is 1. The van der Waals surface area contributed by atoms with Gasteiger partial charge in [-0.1, -0.05) is 0 Å². The van der Waals surface area contributed by atoms with E-state index in [9.17, 15) is 9.18 Å². The van der Waals surface area contributed by atoms with Crippen LogP contribution < -0.4 is 5.73 Å². The number of hydrogen-bond acceptors (Lipinski definition) is 2. The third-order valence-corrected chi connectivity index (χ3v) is 4.44. The van der Waals surface area contributed by atoms with E-state index in [0.29, 0.717) is 15.7 Å². The first-order chi connectivity index (χ1) is 9.13. The molecule has 0 saturated carbocycles. The summed E-state index contributed by atoms with van der Waals surface area (Å²) in [5, 5.41) is 0. The van der Waals surface area contributed by atoms with Gasteiger partial charge in [0.05, 0.1) is 5.56 Å². The SMILES string of the molecule is Cl.NCCC1CCCCN1C(=O)c1ccc(F)cc1I. The number of hydrogen-bond donors (Lipinski definition) is 1. The Labute approximate surface area is 138 Å². The number of likely N-dealkylation sites (tertiary alicyclic amines) is 1. The molecule has 0 aromatic heterocycles. The quantitative estimate of drug-likeness (QED) is 0.775. The molecule has 1 heterocycles. The zero-order valence-electron chi connectivity index (χ0n) is 11.1. The van der Waals surface area contributed by atoms with Crippen LogP contribution in [-0.4, -0.2) is 29.9 Å². The molecule has 112 valence electrons. The van der Waals surface area contributed by atoms with Crippen LogP contribution in [0, 0.1) is 9.39 Å². The molecule has 2 N–H and O–H groups in total. The molecule has 0 aliphatic carbocycles. The van der Waals surface area contributed by atoms with Gasteiger partial charge in [0.25, 0.3) is 5.91 Å². The summed E-state index contributed by atoms with van der Waals surface area (Å²) in [4.78, 5) is 14.5. The highest BCUT2D eigenvalue weighted by Crippen LogP contribution is 2.24. The molecule has 6 heteroatoms. The predicted octanol–water partition coefficient (Wildman–Crippen LogP) is 3.20.